The number of nitrogens with two attached hydrogens (primary N) is 1. The number of carboxylic acid groups (broad SMARTS) is 1. The Balaban J connectivity index is 4.41. The van der Waals surface area contributed by atoms with E-state index < -0.39 is 51.1 Å². The van der Waals surface area contributed by atoms with E-state index >= 15 is 0 Å². The molecule has 3 atom stereocenters. The van der Waals surface area contributed by atoms with Crippen LogP contribution in [0.4, 0.5) is 0 Å². The van der Waals surface area contributed by atoms with Crippen LogP contribution in [-0.4, -0.2) is 59.9 Å². The topological polar surface area (TPSA) is 172 Å². The first kappa shape index (κ1) is 53.4. The maximum absolute atomic E-state index is 12.6. The minimum atomic E-state index is -4.72. The molecule has 0 aliphatic carbocycles. The molecule has 0 aromatic heterocycles. The zero-order valence-electron chi connectivity index (χ0n) is 35.0. The predicted molar refractivity (Wildman–Crippen MR) is 226 cm³/mol. The molecule has 11 nitrogen and oxygen atoms in total. The van der Waals surface area contributed by atoms with Crippen LogP contribution in [0.1, 0.15) is 181 Å². The zero-order chi connectivity index (χ0) is 41.4. The van der Waals surface area contributed by atoms with Crippen molar-refractivity contribution in [1.29, 1.82) is 0 Å². The molecule has 0 aliphatic rings. The van der Waals surface area contributed by atoms with Crippen LogP contribution >= 0.6 is 7.82 Å². The second-order valence-electron chi connectivity index (χ2n) is 14.5. The minimum Gasteiger partial charge on any atom is -0.480 e. The summed E-state index contributed by atoms with van der Waals surface area (Å²) in [6, 6.07) is -1.53. The third kappa shape index (κ3) is 38.3. The van der Waals surface area contributed by atoms with Crippen molar-refractivity contribution >= 4 is 25.7 Å². The average molecular weight is 812 g/mol. The van der Waals surface area contributed by atoms with Crippen LogP contribution in [0.5, 0.6) is 0 Å². The van der Waals surface area contributed by atoms with Crippen molar-refractivity contribution in [1.82, 2.24) is 0 Å². The first-order valence-electron chi connectivity index (χ1n) is 21.7. The number of unbranched alkanes of at least 4 members (excludes halogenated alkanes) is 18. The van der Waals surface area contributed by atoms with E-state index in [0.717, 1.165) is 57.8 Å². The lowest BCUT2D eigenvalue weighted by Crippen LogP contribution is -2.34. The number of phosphoric acid groups is 1. The van der Waals surface area contributed by atoms with Crippen LogP contribution in [0.3, 0.4) is 0 Å². The van der Waals surface area contributed by atoms with Gasteiger partial charge in [-0.15, -0.1) is 0 Å². The van der Waals surface area contributed by atoms with E-state index in [-0.39, 0.29) is 19.4 Å². The lowest BCUT2D eigenvalue weighted by molar-refractivity contribution is -0.161. The van der Waals surface area contributed by atoms with E-state index in [0.29, 0.717) is 12.8 Å². The Labute approximate surface area is 339 Å². The minimum absolute atomic E-state index is 0.155. The maximum atomic E-state index is 12.6. The van der Waals surface area contributed by atoms with Crippen molar-refractivity contribution in [2.24, 2.45) is 5.73 Å². The zero-order valence-corrected chi connectivity index (χ0v) is 35.9. The van der Waals surface area contributed by atoms with Gasteiger partial charge in [0.05, 0.1) is 13.2 Å². The van der Waals surface area contributed by atoms with E-state index in [9.17, 15) is 23.8 Å². The third-order valence-electron chi connectivity index (χ3n) is 9.08. The fraction of sp³-hybridized carbons (Fsp3) is 0.750. The highest BCUT2D eigenvalue weighted by Crippen LogP contribution is 2.43. The molecule has 1 unspecified atom stereocenters. The van der Waals surface area contributed by atoms with Gasteiger partial charge >= 0.3 is 25.7 Å². The Hall–Kier alpha value is -2.56. The summed E-state index contributed by atoms with van der Waals surface area (Å²) in [6.45, 7) is 2.74. The maximum Gasteiger partial charge on any atom is 0.472 e. The fourth-order valence-electron chi connectivity index (χ4n) is 5.64. The average Bonchev–Trinajstić information content (AvgIpc) is 3.17. The summed E-state index contributed by atoms with van der Waals surface area (Å²) < 4.78 is 32.6. The molecule has 0 fully saturated rings. The van der Waals surface area contributed by atoms with Crippen molar-refractivity contribution < 1.29 is 47.5 Å². The van der Waals surface area contributed by atoms with Gasteiger partial charge in [-0.05, 0) is 57.8 Å². The molecule has 12 heteroatoms. The summed E-state index contributed by atoms with van der Waals surface area (Å²) >= 11 is 0. The van der Waals surface area contributed by atoms with Gasteiger partial charge in [-0.2, -0.15) is 0 Å². The number of carbonyl (C=O) groups is 3. The number of rotatable bonds is 40. The highest BCUT2D eigenvalue weighted by Gasteiger charge is 2.28. The summed E-state index contributed by atoms with van der Waals surface area (Å²) in [5.41, 5.74) is 5.33. The molecule has 0 amide bonds. The van der Waals surface area contributed by atoms with E-state index in [4.69, 9.17) is 24.8 Å². The first-order chi connectivity index (χ1) is 27.1. The standard InChI is InChI=1S/C44H78NO10P/c1-3-5-7-9-11-13-15-17-18-19-20-21-22-24-25-27-29-31-33-35-42(46)52-37-40(38-53-56(50,51)54-39-41(45)44(48)49)55-43(47)36-34-32-30-28-26-23-16-14-12-10-8-6-4-2/h11,13,17-18,20-21,24-25,40-41H,3-10,12,14-16,19,22-23,26-39,45H2,1-2H3,(H,48,49)(H,50,51)/b13-11-,18-17-,21-20-,25-24-/t40-,41+/m1/s1. The lowest BCUT2D eigenvalue weighted by Gasteiger charge is -2.20. The molecule has 0 radical (unpaired) electrons. The van der Waals surface area contributed by atoms with Crippen LogP contribution in [-0.2, 0) is 37.5 Å². The Morgan fingerprint density at radius 2 is 0.946 bits per heavy atom. The molecular weight excluding hydrogens is 733 g/mol. The van der Waals surface area contributed by atoms with Crippen LogP contribution < -0.4 is 5.73 Å². The molecule has 0 rings (SSSR count). The normalized spacial score (nSPS) is 14.2. The molecule has 0 saturated carbocycles. The van der Waals surface area contributed by atoms with Crippen LogP contribution in [0.15, 0.2) is 48.6 Å². The van der Waals surface area contributed by atoms with Crippen molar-refractivity contribution in [3.63, 3.8) is 0 Å². The first-order valence-corrected chi connectivity index (χ1v) is 23.2. The van der Waals surface area contributed by atoms with Gasteiger partial charge in [0, 0.05) is 12.8 Å². The number of carbonyl (C=O) groups excluding carboxylic acids is 2. The number of hydrogen-bond acceptors (Lipinski definition) is 9. The Morgan fingerprint density at radius 1 is 0.554 bits per heavy atom. The van der Waals surface area contributed by atoms with E-state index in [1.54, 1.807) is 0 Å². The van der Waals surface area contributed by atoms with Gasteiger partial charge in [0.2, 0.25) is 0 Å². The van der Waals surface area contributed by atoms with E-state index in [1.165, 1.54) is 83.5 Å². The largest absolute Gasteiger partial charge is 0.480 e. The van der Waals surface area contributed by atoms with Crippen molar-refractivity contribution in [2.45, 2.75) is 193 Å². The van der Waals surface area contributed by atoms with Crippen LogP contribution in [0, 0.1) is 0 Å². The highest BCUT2D eigenvalue weighted by atomic mass is 31.2. The molecule has 0 bridgehead atoms. The van der Waals surface area contributed by atoms with Crippen molar-refractivity contribution in [3.8, 4) is 0 Å². The number of allylic oxidation sites excluding steroid dienone is 8. The quantitative estimate of drug-likeness (QED) is 0.0233. The number of phosphoric ester groups is 1. The molecule has 0 aromatic carbocycles. The van der Waals surface area contributed by atoms with Gasteiger partial charge in [-0.3, -0.25) is 23.4 Å². The summed E-state index contributed by atoms with van der Waals surface area (Å²) in [4.78, 5) is 45.9. The summed E-state index contributed by atoms with van der Waals surface area (Å²) in [7, 11) is -4.72. The highest BCUT2D eigenvalue weighted by molar-refractivity contribution is 7.47. The summed E-state index contributed by atoms with van der Waals surface area (Å²) in [5.74, 6) is -2.42. The van der Waals surface area contributed by atoms with Crippen LogP contribution in [0.25, 0.3) is 0 Å². The lowest BCUT2D eigenvalue weighted by atomic mass is 10.0. The monoisotopic (exact) mass is 812 g/mol. The van der Waals surface area contributed by atoms with Gasteiger partial charge < -0.3 is 25.2 Å². The Bertz CT molecular complexity index is 1140. The number of ether oxygens (including phenoxy) is 2. The van der Waals surface area contributed by atoms with Gasteiger partial charge in [0.1, 0.15) is 12.6 Å². The summed E-state index contributed by atoms with van der Waals surface area (Å²) in [5, 5.41) is 8.88. The van der Waals surface area contributed by atoms with Crippen LogP contribution in [0.2, 0.25) is 0 Å². The number of carboxylic acids is 1. The summed E-state index contributed by atoms with van der Waals surface area (Å²) in [6.07, 6.45) is 43.1. The number of hydrogen-bond donors (Lipinski definition) is 3. The van der Waals surface area contributed by atoms with Gasteiger partial charge in [-0.25, -0.2) is 4.57 Å². The van der Waals surface area contributed by atoms with Gasteiger partial charge in [-0.1, -0.05) is 159 Å². The Kier molecular flexibility index (Phi) is 37.5. The second kappa shape index (κ2) is 39.3. The smallest absolute Gasteiger partial charge is 0.472 e. The van der Waals surface area contributed by atoms with Gasteiger partial charge in [0.15, 0.2) is 6.10 Å². The molecule has 0 heterocycles. The molecule has 0 spiro atoms. The van der Waals surface area contributed by atoms with Crippen molar-refractivity contribution in [2.75, 3.05) is 19.8 Å². The number of esters is 2. The Morgan fingerprint density at radius 3 is 1.45 bits per heavy atom. The predicted octanol–water partition coefficient (Wildman–Crippen LogP) is 11.4. The molecule has 0 saturated heterocycles. The fourth-order valence-corrected chi connectivity index (χ4v) is 6.41. The van der Waals surface area contributed by atoms with E-state index in [1.807, 2.05) is 0 Å². The molecule has 0 aliphatic heterocycles. The molecule has 56 heavy (non-hydrogen) atoms. The van der Waals surface area contributed by atoms with E-state index in [2.05, 4.69) is 67.0 Å². The van der Waals surface area contributed by atoms with Gasteiger partial charge in [0.25, 0.3) is 0 Å². The third-order valence-corrected chi connectivity index (χ3v) is 10.0. The molecule has 4 N–H and O–H groups in total. The molecular formula is C44H78NO10P. The second-order valence-corrected chi connectivity index (χ2v) is 15.9. The molecule has 324 valence electrons. The molecule has 0 aromatic rings. The van der Waals surface area contributed by atoms with Crippen molar-refractivity contribution in [3.05, 3.63) is 48.6 Å². The SMILES string of the molecule is CCCCC/C=C\C/C=C\C/C=C\C/C=C\CCCCCC(=O)OC[C@H](COP(=O)(O)OC[C@H](N)C(=O)O)OC(=O)CCCCCCCCCCCCCCC. The number of aliphatic carboxylic acids is 1.